The number of carbonyl (C=O) groups is 1. The van der Waals surface area contributed by atoms with Crippen LogP contribution in [-0.4, -0.2) is 19.1 Å². The molecule has 0 radical (unpaired) electrons. The minimum atomic E-state index is -0.0722. The summed E-state index contributed by atoms with van der Waals surface area (Å²) < 4.78 is 5.15. The van der Waals surface area contributed by atoms with E-state index in [4.69, 9.17) is 10.5 Å². The molecule has 0 spiro atoms. The van der Waals surface area contributed by atoms with E-state index < -0.39 is 0 Å². The summed E-state index contributed by atoms with van der Waals surface area (Å²) in [5.74, 6) is 0.782. The van der Waals surface area contributed by atoms with Crippen molar-refractivity contribution in [3.8, 4) is 5.75 Å². The van der Waals surface area contributed by atoms with E-state index in [-0.39, 0.29) is 24.4 Å². The molecule has 24 heavy (non-hydrogen) atoms. The van der Waals surface area contributed by atoms with E-state index in [1.54, 1.807) is 19.2 Å². The van der Waals surface area contributed by atoms with Crippen molar-refractivity contribution < 1.29 is 9.53 Å². The fourth-order valence-corrected chi connectivity index (χ4v) is 2.43. The molecule has 3 N–H and O–H groups in total. The Kier molecular flexibility index (Phi) is 7.59. The lowest BCUT2D eigenvalue weighted by Crippen LogP contribution is -2.33. The van der Waals surface area contributed by atoms with E-state index in [1.165, 1.54) is 5.56 Å². The second-order valence-electron chi connectivity index (χ2n) is 5.84. The lowest BCUT2D eigenvalue weighted by atomic mass is 10.0. The van der Waals surface area contributed by atoms with Crippen LogP contribution in [0.5, 0.6) is 5.75 Å². The van der Waals surface area contributed by atoms with Crippen molar-refractivity contribution in [2.24, 2.45) is 0 Å². The first kappa shape index (κ1) is 19.8. The van der Waals surface area contributed by atoms with Crippen LogP contribution in [0.1, 0.15) is 34.8 Å². The van der Waals surface area contributed by atoms with Gasteiger partial charge in [-0.05, 0) is 62.1 Å². The molecular weight excluding hydrogens is 324 g/mol. The Morgan fingerprint density at radius 2 is 1.88 bits per heavy atom. The summed E-state index contributed by atoms with van der Waals surface area (Å²) in [6.45, 7) is 3.93. The molecule has 1 unspecified atom stereocenters. The number of anilines is 1. The molecule has 0 bridgehead atoms. The van der Waals surface area contributed by atoms with Crippen LogP contribution >= 0.6 is 12.4 Å². The quantitative estimate of drug-likeness (QED) is 0.781. The number of hydrogen-bond donors (Lipinski definition) is 2. The Balaban J connectivity index is 0.00000288. The largest absolute Gasteiger partial charge is 0.497 e. The molecule has 0 aliphatic heterocycles. The van der Waals surface area contributed by atoms with E-state index in [2.05, 4.69) is 17.4 Å². The van der Waals surface area contributed by atoms with Gasteiger partial charge in [-0.2, -0.15) is 0 Å². The van der Waals surface area contributed by atoms with Crippen molar-refractivity contribution in [2.45, 2.75) is 32.7 Å². The van der Waals surface area contributed by atoms with Gasteiger partial charge in [0.1, 0.15) is 5.75 Å². The molecule has 0 heterocycles. The van der Waals surface area contributed by atoms with Gasteiger partial charge in [-0.25, -0.2) is 0 Å². The summed E-state index contributed by atoms with van der Waals surface area (Å²) in [7, 11) is 1.66. The lowest BCUT2D eigenvalue weighted by molar-refractivity contribution is 0.0938. The Hall–Kier alpha value is -2.20. The summed E-state index contributed by atoms with van der Waals surface area (Å²) >= 11 is 0. The number of aryl methyl sites for hydroxylation is 2. The van der Waals surface area contributed by atoms with Gasteiger partial charge in [0.05, 0.1) is 7.11 Å². The molecular formula is C19H25ClN2O2. The fraction of sp³-hybridized carbons (Fsp3) is 0.316. The minimum Gasteiger partial charge on any atom is -0.497 e. The monoisotopic (exact) mass is 348 g/mol. The molecule has 0 saturated carbocycles. The molecule has 0 fully saturated rings. The minimum absolute atomic E-state index is 0. The maximum Gasteiger partial charge on any atom is 0.251 e. The fourth-order valence-electron chi connectivity index (χ4n) is 2.43. The normalized spacial score (nSPS) is 11.3. The van der Waals surface area contributed by atoms with Crippen molar-refractivity contribution in [3.05, 3.63) is 59.2 Å². The van der Waals surface area contributed by atoms with Crippen LogP contribution in [0.2, 0.25) is 0 Å². The highest BCUT2D eigenvalue weighted by Crippen LogP contribution is 2.15. The number of nitrogens with two attached hydrogens (primary N) is 1. The molecule has 2 rings (SSSR count). The molecule has 5 heteroatoms. The molecule has 2 aromatic rings. The molecule has 1 atom stereocenters. The third kappa shape index (κ3) is 5.46. The van der Waals surface area contributed by atoms with Crippen LogP contribution < -0.4 is 15.8 Å². The molecule has 4 nitrogen and oxygen atoms in total. The molecule has 1 amide bonds. The van der Waals surface area contributed by atoms with Crippen LogP contribution in [0.25, 0.3) is 0 Å². The Morgan fingerprint density at radius 3 is 2.50 bits per heavy atom. The molecule has 2 aromatic carbocycles. The molecule has 0 aliphatic carbocycles. The summed E-state index contributed by atoms with van der Waals surface area (Å²) in [6, 6.07) is 13.5. The van der Waals surface area contributed by atoms with Crippen LogP contribution in [-0.2, 0) is 6.42 Å². The van der Waals surface area contributed by atoms with Crippen molar-refractivity contribution >= 4 is 24.0 Å². The van der Waals surface area contributed by atoms with Crippen LogP contribution in [0.3, 0.4) is 0 Å². The zero-order valence-corrected chi connectivity index (χ0v) is 15.2. The van der Waals surface area contributed by atoms with Gasteiger partial charge in [-0.15, -0.1) is 12.4 Å². The van der Waals surface area contributed by atoms with E-state index >= 15 is 0 Å². The van der Waals surface area contributed by atoms with Crippen LogP contribution in [0.15, 0.2) is 42.5 Å². The van der Waals surface area contributed by atoms with Gasteiger partial charge >= 0.3 is 0 Å². The number of hydrogen-bond acceptors (Lipinski definition) is 3. The van der Waals surface area contributed by atoms with Gasteiger partial charge in [0.15, 0.2) is 0 Å². The van der Waals surface area contributed by atoms with Crippen molar-refractivity contribution in [1.82, 2.24) is 5.32 Å². The zero-order chi connectivity index (χ0) is 16.8. The number of halogens is 1. The highest BCUT2D eigenvalue weighted by Gasteiger charge is 2.12. The number of carbonyl (C=O) groups excluding carboxylic acids is 1. The van der Waals surface area contributed by atoms with E-state index in [9.17, 15) is 4.79 Å². The number of amides is 1. The van der Waals surface area contributed by atoms with Crippen molar-refractivity contribution in [2.75, 3.05) is 12.8 Å². The number of rotatable bonds is 6. The van der Waals surface area contributed by atoms with Gasteiger partial charge in [-0.3, -0.25) is 4.79 Å². The first-order chi connectivity index (χ1) is 11.0. The van der Waals surface area contributed by atoms with Crippen molar-refractivity contribution in [3.63, 3.8) is 0 Å². The standard InChI is InChI=1S/C19H24N2O2.ClH/c1-13-4-9-16(20)12-18(13)19(22)21-14(2)5-6-15-7-10-17(23-3)11-8-15;/h4,7-12,14H,5-6,20H2,1-3H3,(H,21,22);1H. The predicted molar refractivity (Wildman–Crippen MR) is 101 cm³/mol. The number of nitrogen functional groups attached to an aromatic ring is 1. The number of benzene rings is 2. The maximum absolute atomic E-state index is 12.3. The summed E-state index contributed by atoms with van der Waals surface area (Å²) in [5.41, 5.74) is 9.17. The second-order valence-corrected chi connectivity index (χ2v) is 5.84. The Bertz CT molecular complexity index is 672. The number of ether oxygens (including phenoxy) is 1. The summed E-state index contributed by atoms with van der Waals surface area (Å²) in [4.78, 5) is 12.3. The van der Waals surface area contributed by atoms with Crippen LogP contribution in [0.4, 0.5) is 5.69 Å². The molecule has 0 saturated heterocycles. The van der Waals surface area contributed by atoms with Crippen LogP contribution in [0, 0.1) is 6.92 Å². The first-order valence-electron chi connectivity index (χ1n) is 7.79. The van der Waals surface area contributed by atoms with E-state index in [0.717, 1.165) is 24.2 Å². The molecule has 0 aliphatic rings. The maximum atomic E-state index is 12.3. The summed E-state index contributed by atoms with van der Waals surface area (Å²) in [6.07, 6.45) is 1.78. The smallest absolute Gasteiger partial charge is 0.251 e. The first-order valence-corrected chi connectivity index (χ1v) is 7.79. The van der Waals surface area contributed by atoms with Gasteiger partial charge < -0.3 is 15.8 Å². The highest BCUT2D eigenvalue weighted by atomic mass is 35.5. The Labute approximate surface area is 149 Å². The third-order valence-electron chi connectivity index (χ3n) is 3.91. The second kappa shape index (κ2) is 9.18. The SMILES string of the molecule is COc1ccc(CCC(C)NC(=O)c2cc(N)ccc2C)cc1.Cl. The molecule has 0 aromatic heterocycles. The third-order valence-corrected chi connectivity index (χ3v) is 3.91. The zero-order valence-electron chi connectivity index (χ0n) is 14.3. The van der Waals surface area contributed by atoms with Crippen molar-refractivity contribution in [1.29, 1.82) is 0 Å². The van der Waals surface area contributed by atoms with Gasteiger partial charge in [0, 0.05) is 17.3 Å². The van der Waals surface area contributed by atoms with E-state index in [1.807, 2.05) is 32.0 Å². The number of methoxy groups -OCH3 is 1. The number of nitrogens with one attached hydrogen (secondary N) is 1. The average Bonchev–Trinajstić information content (AvgIpc) is 2.55. The highest BCUT2D eigenvalue weighted by molar-refractivity contribution is 5.96. The average molecular weight is 349 g/mol. The van der Waals surface area contributed by atoms with Gasteiger partial charge in [0.2, 0.25) is 0 Å². The van der Waals surface area contributed by atoms with Gasteiger partial charge in [-0.1, -0.05) is 18.2 Å². The lowest BCUT2D eigenvalue weighted by Gasteiger charge is -2.15. The Morgan fingerprint density at radius 1 is 1.21 bits per heavy atom. The topological polar surface area (TPSA) is 64.3 Å². The predicted octanol–water partition coefficient (Wildman–Crippen LogP) is 3.76. The van der Waals surface area contributed by atoms with Gasteiger partial charge in [0.25, 0.3) is 5.91 Å². The summed E-state index contributed by atoms with van der Waals surface area (Å²) in [5, 5.41) is 3.04. The van der Waals surface area contributed by atoms with E-state index in [0.29, 0.717) is 11.3 Å². The molecule has 130 valence electrons.